The molecule has 6 nitrogen and oxygen atoms in total. The second-order valence-corrected chi connectivity index (χ2v) is 5.93. The minimum absolute atomic E-state index is 0.364. The minimum Gasteiger partial charge on any atom is -0.444 e. The summed E-state index contributed by atoms with van der Waals surface area (Å²) in [4.78, 5) is 24.0. The van der Waals surface area contributed by atoms with Crippen LogP contribution in [0.5, 0.6) is 0 Å². The second kappa shape index (κ2) is 5.76. The van der Waals surface area contributed by atoms with Crippen molar-refractivity contribution in [3.63, 3.8) is 0 Å². The molecule has 1 aliphatic rings. The van der Waals surface area contributed by atoms with Crippen LogP contribution in [-0.2, 0) is 9.53 Å². The first-order valence-corrected chi connectivity index (χ1v) is 6.50. The predicted octanol–water partition coefficient (Wildman–Crippen LogP) is 0.620. The maximum atomic E-state index is 12.4. The molecule has 0 radical (unpaired) electrons. The van der Waals surface area contributed by atoms with Gasteiger partial charge in [-0.1, -0.05) is 24.3 Å². The summed E-state index contributed by atoms with van der Waals surface area (Å²) in [5.41, 5.74) is 9.96. The maximum Gasteiger partial charge on any atom is 0.408 e. The number of carbonyl (C=O) groups is 2. The van der Waals surface area contributed by atoms with Gasteiger partial charge in [-0.25, -0.2) is 4.79 Å². The Bertz CT molecular complexity index is 451. The molecule has 0 aromatic carbocycles. The Morgan fingerprint density at radius 2 is 1.95 bits per heavy atom. The van der Waals surface area contributed by atoms with Gasteiger partial charge in [0.1, 0.15) is 11.1 Å². The molecular formula is C14H23N3O3. The van der Waals surface area contributed by atoms with E-state index in [-0.39, 0.29) is 5.78 Å². The van der Waals surface area contributed by atoms with E-state index in [9.17, 15) is 9.59 Å². The summed E-state index contributed by atoms with van der Waals surface area (Å²) in [5.74, 6) is -0.364. The third kappa shape index (κ3) is 3.91. The second-order valence-electron chi connectivity index (χ2n) is 5.93. The van der Waals surface area contributed by atoms with Crippen LogP contribution in [0.1, 0.15) is 27.7 Å². The van der Waals surface area contributed by atoms with Gasteiger partial charge >= 0.3 is 6.09 Å². The van der Waals surface area contributed by atoms with Gasteiger partial charge in [0.05, 0.1) is 12.1 Å². The normalized spacial score (nSPS) is 27.0. The standard InChI is InChI=1S/C14H23N3O3/c1-9(17-12(19)20-13(2,3)4)11(18)14(16)8-6-5-7-10(14)15/h5-10H,15-16H2,1-4H3,(H,17,19). The number of allylic oxidation sites excluding steroid dienone is 2. The highest BCUT2D eigenvalue weighted by Crippen LogP contribution is 2.17. The molecule has 0 aromatic rings. The van der Waals surface area contributed by atoms with Crippen molar-refractivity contribution in [1.29, 1.82) is 0 Å². The van der Waals surface area contributed by atoms with Crippen LogP contribution in [-0.4, -0.2) is 35.1 Å². The highest BCUT2D eigenvalue weighted by atomic mass is 16.6. The van der Waals surface area contributed by atoms with E-state index in [0.29, 0.717) is 0 Å². The predicted molar refractivity (Wildman–Crippen MR) is 77.0 cm³/mol. The van der Waals surface area contributed by atoms with Crippen LogP contribution in [0.15, 0.2) is 24.3 Å². The topological polar surface area (TPSA) is 107 Å². The fourth-order valence-corrected chi connectivity index (χ4v) is 1.84. The van der Waals surface area contributed by atoms with Crippen LogP contribution in [0.4, 0.5) is 4.79 Å². The van der Waals surface area contributed by atoms with Crippen LogP contribution >= 0.6 is 0 Å². The van der Waals surface area contributed by atoms with Crippen molar-refractivity contribution in [2.24, 2.45) is 11.5 Å². The van der Waals surface area contributed by atoms with E-state index in [4.69, 9.17) is 16.2 Å². The zero-order chi connectivity index (χ0) is 15.6. The summed E-state index contributed by atoms with van der Waals surface area (Å²) in [6.07, 6.45) is 5.94. The van der Waals surface area contributed by atoms with Gasteiger partial charge in [0, 0.05) is 0 Å². The molecule has 1 aliphatic carbocycles. The number of alkyl carbamates (subject to hydrolysis) is 1. The van der Waals surface area contributed by atoms with Gasteiger partial charge in [-0.2, -0.15) is 0 Å². The van der Waals surface area contributed by atoms with Crippen molar-refractivity contribution in [2.75, 3.05) is 0 Å². The zero-order valence-electron chi connectivity index (χ0n) is 12.3. The molecule has 0 bridgehead atoms. The average Bonchev–Trinajstić information content (AvgIpc) is 2.29. The number of ether oxygens (including phenoxy) is 1. The van der Waals surface area contributed by atoms with E-state index in [1.54, 1.807) is 52.0 Å². The molecule has 20 heavy (non-hydrogen) atoms. The number of nitrogens with one attached hydrogen (secondary N) is 1. The Hall–Kier alpha value is -1.66. The molecule has 1 amide bonds. The molecule has 0 aromatic heterocycles. The molecule has 1 rings (SSSR count). The van der Waals surface area contributed by atoms with Gasteiger partial charge in [-0.3, -0.25) is 4.79 Å². The van der Waals surface area contributed by atoms with Crippen molar-refractivity contribution in [2.45, 2.75) is 50.9 Å². The molecule has 112 valence electrons. The summed E-state index contributed by atoms with van der Waals surface area (Å²) in [7, 11) is 0. The Kier molecular flexibility index (Phi) is 4.73. The lowest BCUT2D eigenvalue weighted by atomic mass is 9.81. The molecule has 0 aliphatic heterocycles. The molecular weight excluding hydrogens is 258 g/mol. The van der Waals surface area contributed by atoms with Gasteiger partial charge in [0.25, 0.3) is 0 Å². The van der Waals surface area contributed by atoms with E-state index in [0.717, 1.165) is 0 Å². The summed E-state index contributed by atoms with van der Waals surface area (Å²) < 4.78 is 5.10. The third-order valence-electron chi connectivity index (χ3n) is 2.91. The Morgan fingerprint density at radius 1 is 1.35 bits per heavy atom. The van der Waals surface area contributed by atoms with Crippen molar-refractivity contribution in [1.82, 2.24) is 5.32 Å². The largest absolute Gasteiger partial charge is 0.444 e. The Morgan fingerprint density at radius 3 is 2.45 bits per heavy atom. The lowest BCUT2D eigenvalue weighted by Gasteiger charge is -2.33. The van der Waals surface area contributed by atoms with Crippen molar-refractivity contribution < 1.29 is 14.3 Å². The lowest BCUT2D eigenvalue weighted by molar-refractivity contribution is -0.124. The maximum absolute atomic E-state index is 12.4. The highest BCUT2D eigenvalue weighted by Gasteiger charge is 2.40. The molecule has 3 unspecified atom stereocenters. The van der Waals surface area contributed by atoms with Gasteiger partial charge < -0.3 is 21.5 Å². The fourth-order valence-electron chi connectivity index (χ4n) is 1.84. The number of Topliss-reactive ketones (excluding diaryl/α,β-unsaturated/α-hetero) is 1. The number of amides is 1. The van der Waals surface area contributed by atoms with Gasteiger partial charge in [-0.05, 0) is 27.7 Å². The van der Waals surface area contributed by atoms with E-state index in [2.05, 4.69) is 5.32 Å². The summed E-state index contributed by atoms with van der Waals surface area (Å²) >= 11 is 0. The monoisotopic (exact) mass is 281 g/mol. The molecule has 0 saturated heterocycles. The van der Waals surface area contributed by atoms with Crippen LogP contribution in [0, 0.1) is 0 Å². The fraction of sp³-hybridized carbons (Fsp3) is 0.571. The zero-order valence-corrected chi connectivity index (χ0v) is 12.3. The van der Waals surface area contributed by atoms with Gasteiger partial charge in [0.2, 0.25) is 0 Å². The van der Waals surface area contributed by atoms with E-state index < -0.39 is 29.3 Å². The van der Waals surface area contributed by atoms with Crippen molar-refractivity contribution in [3.05, 3.63) is 24.3 Å². The third-order valence-corrected chi connectivity index (χ3v) is 2.91. The molecule has 6 heteroatoms. The van der Waals surface area contributed by atoms with Crippen LogP contribution in [0.25, 0.3) is 0 Å². The van der Waals surface area contributed by atoms with Crippen molar-refractivity contribution in [3.8, 4) is 0 Å². The highest BCUT2D eigenvalue weighted by molar-refractivity contribution is 5.97. The molecule has 0 fully saturated rings. The van der Waals surface area contributed by atoms with Crippen LogP contribution < -0.4 is 16.8 Å². The molecule has 0 spiro atoms. The summed E-state index contributed by atoms with van der Waals surface area (Å²) in [5, 5.41) is 2.48. The van der Waals surface area contributed by atoms with E-state index >= 15 is 0 Å². The van der Waals surface area contributed by atoms with Crippen LogP contribution in [0.2, 0.25) is 0 Å². The summed E-state index contributed by atoms with van der Waals surface area (Å²) in [6.45, 7) is 6.79. The number of rotatable bonds is 3. The quantitative estimate of drug-likeness (QED) is 0.703. The summed E-state index contributed by atoms with van der Waals surface area (Å²) in [6, 6.07) is -1.42. The van der Waals surface area contributed by atoms with Crippen LogP contribution in [0.3, 0.4) is 0 Å². The SMILES string of the molecule is CC(NC(=O)OC(C)(C)C)C(=O)C1(N)C=CC=CC1N. The number of ketones is 1. The smallest absolute Gasteiger partial charge is 0.408 e. The Labute approximate surface area is 119 Å². The molecule has 0 heterocycles. The van der Waals surface area contributed by atoms with Gasteiger partial charge in [0.15, 0.2) is 5.78 Å². The first-order chi connectivity index (χ1) is 9.06. The number of hydrogen-bond donors (Lipinski definition) is 3. The first kappa shape index (κ1) is 16.4. The lowest BCUT2D eigenvalue weighted by Crippen LogP contribution is -2.64. The molecule has 0 saturated carbocycles. The minimum atomic E-state index is -1.32. The number of nitrogens with two attached hydrogens (primary N) is 2. The van der Waals surface area contributed by atoms with Gasteiger partial charge in [-0.15, -0.1) is 0 Å². The van der Waals surface area contributed by atoms with E-state index in [1.165, 1.54) is 0 Å². The first-order valence-electron chi connectivity index (χ1n) is 6.50. The average molecular weight is 281 g/mol. The number of carbonyl (C=O) groups excluding carboxylic acids is 2. The molecule has 3 atom stereocenters. The molecule has 5 N–H and O–H groups in total. The van der Waals surface area contributed by atoms with E-state index in [1.807, 2.05) is 0 Å². The number of hydrogen-bond acceptors (Lipinski definition) is 5. The Balaban J connectivity index is 2.70. The van der Waals surface area contributed by atoms with Crippen molar-refractivity contribution >= 4 is 11.9 Å².